The summed E-state index contributed by atoms with van der Waals surface area (Å²) in [6, 6.07) is 3.28. The fourth-order valence-corrected chi connectivity index (χ4v) is 3.39. The van der Waals surface area contributed by atoms with Gasteiger partial charge in [-0.25, -0.2) is 4.39 Å². The van der Waals surface area contributed by atoms with Gasteiger partial charge in [-0.1, -0.05) is 24.4 Å². The quantitative estimate of drug-likeness (QED) is 0.867. The summed E-state index contributed by atoms with van der Waals surface area (Å²) >= 11 is 5.91. The van der Waals surface area contributed by atoms with Crippen molar-refractivity contribution in [2.24, 2.45) is 0 Å². The molecule has 1 aliphatic carbocycles. The molecule has 2 amide bonds. The monoisotopic (exact) mass is 310 g/mol. The lowest BCUT2D eigenvalue weighted by Crippen LogP contribution is -2.69. The summed E-state index contributed by atoms with van der Waals surface area (Å²) in [7, 11) is 0. The molecule has 112 valence electrons. The standard InChI is InChI=1S/C15H16ClFN2O2/c1-9-13(20)18-15(6-2-3-7-15)14(21)19(9)12-8-10(16)4-5-11(12)17/h4-5,8-9H,2-3,6-7H2,1H3,(H,18,20). The van der Waals surface area contributed by atoms with Crippen LogP contribution in [0.15, 0.2) is 18.2 Å². The molecule has 1 saturated carbocycles. The van der Waals surface area contributed by atoms with E-state index in [0.717, 1.165) is 12.8 Å². The number of halogens is 2. The Morgan fingerprint density at radius 1 is 1.33 bits per heavy atom. The van der Waals surface area contributed by atoms with E-state index in [1.54, 1.807) is 6.92 Å². The highest BCUT2D eigenvalue weighted by Gasteiger charge is 2.51. The highest BCUT2D eigenvalue weighted by molar-refractivity contribution is 6.31. The molecule has 0 bridgehead atoms. The second-order valence-corrected chi connectivity index (χ2v) is 6.16. The van der Waals surface area contributed by atoms with Gasteiger partial charge in [-0.3, -0.25) is 14.5 Å². The lowest BCUT2D eigenvalue weighted by Gasteiger charge is -2.43. The summed E-state index contributed by atoms with van der Waals surface area (Å²) in [5.41, 5.74) is -0.806. The minimum absolute atomic E-state index is 0.0705. The van der Waals surface area contributed by atoms with Crippen LogP contribution in [0.25, 0.3) is 0 Å². The topological polar surface area (TPSA) is 49.4 Å². The molecular weight excluding hydrogens is 295 g/mol. The van der Waals surface area contributed by atoms with Gasteiger partial charge in [0.15, 0.2) is 0 Å². The highest BCUT2D eigenvalue weighted by Crippen LogP contribution is 2.37. The first-order valence-corrected chi connectivity index (χ1v) is 7.43. The van der Waals surface area contributed by atoms with Gasteiger partial charge in [0.1, 0.15) is 17.4 Å². The molecule has 1 heterocycles. The first-order chi connectivity index (χ1) is 9.94. The molecule has 0 radical (unpaired) electrons. The van der Waals surface area contributed by atoms with Crippen molar-refractivity contribution in [1.82, 2.24) is 5.32 Å². The predicted molar refractivity (Wildman–Crippen MR) is 77.7 cm³/mol. The van der Waals surface area contributed by atoms with Crippen LogP contribution in [0.1, 0.15) is 32.6 Å². The van der Waals surface area contributed by atoms with Crippen LogP contribution in [-0.2, 0) is 9.59 Å². The van der Waals surface area contributed by atoms with Crippen LogP contribution in [0.2, 0.25) is 5.02 Å². The Labute approximate surface area is 127 Å². The second kappa shape index (κ2) is 4.98. The van der Waals surface area contributed by atoms with Gasteiger partial charge in [-0.2, -0.15) is 0 Å². The summed E-state index contributed by atoms with van der Waals surface area (Å²) in [4.78, 5) is 26.3. The SMILES string of the molecule is CC1C(=O)NC2(CCCC2)C(=O)N1c1cc(Cl)ccc1F. The minimum Gasteiger partial charge on any atom is -0.340 e. The molecule has 1 spiro atoms. The second-order valence-electron chi connectivity index (χ2n) is 5.73. The maximum absolute atomic E-state index is 14.1. The Kier molecular flexibility index (Phi) is 3.40. The van der Waals surface area contributed by atoms with Crippen molar-refractivity contribution in [2.45, 2.75) is 44.2 Å². The van der Waals surface area contributed by atoms with Crippen LogP contribution < -0.4 is 10.2 Å². The molecule has 21 heavy (non-hydrogen) atoms. The van der Waals surface area contributed by atoms with Gasteiger partial charge in [0.2, 0.25) is 5.91 Å². The molecule has 4 nitrogen and oxygen atoms in total. The molecule has 1 N–H and O–H groups in total. The molecule has 0 aromatic heterocycles. The summed E-state index contributed by atoms with van der Waals surface area (Å²) in [6.07, 6.45) is 2.96. The lowest BCUT2D eigenvalue weighted by atomic mass is 9.90. The molecule has 1 aromatic carbocycles. The van der Waals surface area contributed by atoms with E-state index in [1.165, 1.54) is 23.1 Å². The molecule has 6 heteroatoms. The van der Waals surface area contributed by atoms with Crippen molar-refractivity contribution in [3.05, 3.63) is 29.0 Å². The van der Waals surface area contributed by atoms with E-state index in [-0.39, 0.29) is 17.5 Å². The number of anilines is 1. The third-order valence-electron chi connectivity index (χ3n) is 4.38. The predicted octanol–water partition coefficient (Wildman–Crippen LogP) is 2.64. The summed E-state index contributed by atoms with van der Waals surface area (Å²) in [5, 5.41) is 3.17. The molecule has 1 aliphatic heterocycles. The zero-order valence-corrected chi connectivity index (χ0v) is 12.4. The van der Waals surface area contributed by atoms with E-state index in [9.17, 15) is 14.0 Å². The number of nitrogens with zero attached hydrogens (tertiary/aromatic N) is 1. The third-order valence-corrected chi connectivity index (χ3v) is 4.62. The van der Waals surface area contributed by atoms with E-state index in [2.05, 4.69) is 5.32 Å². The largest absolute Gasteiger partial charge is 0.340 e. The van der Waals surface area contributed by atoms with Gasteiger partial charge in [0.05, 0.1) is 5.69 Å². The van der Waals surface area contributed by atoms with E-state index in [1.807, 2.05) is 0 Å². The summed E-state index contributed by atoms with van der Waals surface area (Å²) in [5.74, 6) is -1.05. The Morgan fingerprint density at radius 2 is 2.00 bits per heavy atom. The van der Waals surface area contributed by atoms with Crippen molar-refractivity contribution in [3.63, 3.8) is 0 Å². The van der Waals surface area contributed by atoms with Gasteiger partial charge >= 0.3 is 0 Å². The zero-order chi connectivity index (χ0) is 15.2. The molecule has 1 aromatic rings. The maximum atomic E-state index is 14.1. The van der Waals surface area contributed by atoms with Gasteiger partial charge < -0.3 is 5.32 Å². The van der Waals surface area contributed by atoms with Crippen molar-refractivity contribution in [2.75, 3.05) is 4.90 Å². The molecule has 3 rings (SSSR count). The summed E-state index contributed by atoms with van der Waals surface area (Å²) in [6.45, 7) is 1.59. The van der Waals surface area contributed by atoms with Crippen LogP contribution in [0.5, 0.6) is 0 Å². The van der Waals surface area contributed by atoms with Crippen LogP contribution >= 0.6 is 11.6 Å². The van der Waals surface area contributed by atoms with Crippen LogP contribution in [0, 0.1) is 5.82 Å². The number of hydrogen-bond donors (Lipinski definition) is 1. The average Bonchev–Trinajstić information content (AvgIpc) is 2.90. The fraction of sp³-hybridized carbons (Fsp3) is 0.467. The van der Waals surface area contributed by atoms with Crippen molar-refractivity contribution in [1.29, 1.82) is 0 Å². The van der Waals surface area contributed by atoms with Crippen LogP contribution in [-0.4, -0.2) is 23.4 Å². The maximum Gasteiger partial charge on any atom is 0.253 e. The fourth-order valence-electron chi connectivity index (χ4n) is 3.22. The smallest absolute Gasteiger partial charge is 0.253 e. The highest BCUT2D eigenvalue weighted by atomic mass is 35.5. The molecule has 2 aliphatic rings. The first-order valence-electron chi connectivity index (χ1n) is 7.05. The minimum atomic E-state index is -0.877. The molecule has 2 fully saturated rings. The van der Waals surface area contributed by atoms with Crippen LogP contribution in [0.3, 0.4) is 0 Å². The molecule has 1 saturated heterocycles. The average molecular weight is 311 g/mol. The third kappa shape index (κ3) is 2.20. The van der Waals surface area contributed by atoms with Crippen molar-refractivity contribution >= 4 is 29.1 Å². The first kappa shape index (κ1) is 14.3. The van der Waals surface area contributed by atoms with Gasteiger partial charge in [0.25, 0.3) is 5.91 Å². The Morgan fingerprint density at radius 3 is 2.67 bits per heavy atom. The van der Waals surface area contributed by atoms with Gasteiger partial charge in [-0.15, -0.1) is 0 Å². The number of benzene rings is 1. The van der Waals surface area contributed by atoms with E-state index < -0.39 is 17.4 Å². The number of nitrogens with one attached hydrogen (secondary N) is 1. The lowest BCUT2D eigenvalue weighted by molar-refractivity contribution is -0.137. The zero-order valence-electron chi connectivity index (χ0n) is 11.7. The number of hydrogen-bond acceptors (Lipinski definition) is 2. The van der Waals surface area contributed by atoms with Crippen molar-refractivity contribution < 1.29 is 14.0 Å². The van der Waals surface area contributed by atoms with Gasteiger partial charge in [0, 0.05) is 5.02 Å². The molecule has 1 atom stereocenters. The van der Waals surface area contributed by atoms with Crippen molar-refractivity contribution in [3.8, 4) is 0 Å². The summed E-state index contributed by atoms with van der Waals surface area (Å²) < 4.78 is 14.1. The number of rotatable bonds is 1. The number of carbonyl (C=O) groups is 2. The van der Waals surface area contributed by atoms with E-state index in [4.69, 9.17) is 11.6 Å². The van der Waals surface area contributed by atoms with Gasteiger partial charge in [-0.05, 0) is 38.0 Å². The van der Waals surface area contributed by atoms with E-state index >= 15 is 0 Å². The van der Waals surface area contributed by atoms with Crippen LogP contribution in [0.4, 0.5) is 10.1 Å². The normalized spacial score (nSPS) is 24.5. The van der Waals surface area contributed by atoms with E-state index in [0.29, 0.717) is 17.9 Å². The number of piperazine rings is 1. The molecule has 1 unspecified atom stereocenters. The Bertz CT molecular complexity index is 614. The Hall–Kier alpha value is -1.62. The Balaban J connectivity index is 2.08. The number of amides is 2. The number of carbonyl (C=O) groups excluding carboxylic acids is 2. The molecular formula is C15H16ClFN2O2.